The Morgan fingerprint density at radius 2 is 2.33 bits per heavy atom. The van der Waals surface area contributed by atoms with E-state index in [1.165, 1.54) is 12.8 Å². The molecule has 0 unspecified atom stereocenters. The first kappa shape index (κ1) is 10.9. The van der Waals surface area contributed by atoms with E-state index in [1.54, 1.807) is 0 Å². The molecule has 0 aromatic rings. The highest BCUT2D eigenvalue weighted by molar-refractivity contribution is 5.85. The van der Waals surface area contributed by atoms with E-state index in [1.807, 2.05) is 0 Å². The summed E-state index contributed by atoms with van der Waals surface area (Å²) in [4.78, 5) is 11.8. The third kappa shape index (κ3) is 2.51. The highest BCUT2D eigenvalue weighted by Crippen LogP contribution is 2.48. The van der Waals surface area contributed by atoms with Gasteiger partial charge in [0.2, 0.25) is 5.91 Å². The third-order valence-electron chi connectivity index (χ3n) is 3.95. The molecule has 0 bridgehead atoms. The normalized spacial score (nSPS) is 27.7. The summed E-state index contributed by atoms with van der Waals surface area (Å²) in [5, 5.41) is 6.53. The fraction of sp³-hybridized carbons (Fsp3) is 0.917. The van der Waals surface area contributed by atoms with Crippen LogP contribution in [0.3, 0.4) is 0 Å². The average Bonchev–Trinajstić information content (AvgIpc) is 2.90. The fourth-order valence-corrected chi connectivity index (χ4v) is 2.44. The molecule has 0 radical (unpaired) electrons. The lowest BCUT2D eigenvalue weighted by atomic mass is 10.0. The zero-order valence-electron chi connectivity index (χ0n) is 9.64. The molecule has 0 spiro atoms. The van der Waals surface area contributed by atoms with Crippen LogP contribution in [0.2, 0.25) is 0 Å². The summed E-state index contributed by atoms with van der Waals surface area (Å²) >= 11 is 0. The number of amides is 1. The summed E-state index contributed by atoms with van der Waals surface area (Å²) in [6, 6.07) is 0.641. The Kier molecular flexibility index (Phi) is 3.29. The molecule has 86 valence electrons. The molecule has 0 aromatic carbocycles. The molecule has 15 heavy (non-hydrogen) atoms. The molecule has 1 atom stereocenters. The van der Waals surface area contributed by atoms with Gasteiger partial charge in [0.15, 0.2) is 0 Å². The minimum atomic E-state index is 0.0309. The van der Waals surface area contributed by atoms with E-state index in [0.717, 1.165) is 38.8 Å². The molecule has 2 N–H and O–H groups in total. The molecule has 1 saturated carbocycles. The molecule has 1 saturated heterocycles. The Balaban J connectivity index is 1.63. The predicted octanol–water partition coefficient (Wildman–Crippen LogP) is 1.43. The van der Waals surface area contributed by atoms with Crippen molar-refractivity contribution in [1.82, 2.24) is 10.6 Å². The number of nitrogens with one attached hydrogen (secondary N) is 2. The van der Waals surface area contributed by atoms with E-state index in [2.05, 4.69) is 17.6 Å². The molecule has 2 fully saturated rings. The van der Waals surface area contributed by atoms with Gasteiger partial charge in [0.1, 0.15) is 0 Å². The van der Waals surface area contributed by atoms with Crippen molar-refractivity contribution >= 4 is 5.91 Å². The molecule has 3 nitrogen and oxygen atoms in total. The molecule has 1 amide bonds. The number of rotatable bonds is 5. The smallest absolute Gasteiger partial charge is 0.226 e. The van der Waals surface area contributed by atoms with Gasteiger partial charge < -0.3 is 10.6 Å². The molecule has 0 aromatic heterocycles. The van der Waals surface area contributed by atoms with Gasteiger partial charge in [0.05, 0.1) is 0 Å². The Morgan fingerprint density at radius 3 is 2.87 bits per heavy atom. The number of carbonyl (C=O) groups excluding carboxylic acids is 1. The summed E-state index contributed by atoms with van der Waals surface area (Å²) in [6.45, 7) is 4.11. The summed E-state index contributed by atoms with van der Waals surface area (Å²) in [5.41, 5.74) is 0.0309. The van der Waals surface area contributed by atoms with Crippen LogP contribution in [0.15, 0.2) is 0 Å². The lowest BCUT2D eigenvalue weighted by molar-refractivity contribution is -0.126. The van der Waals surface area contributed by atoms with Gasteiger partial charge in [-0.05, 0) is 45.1 Å². The quantitative estimate of drug-likeness (QED) is 0.721. The van der Waals surface area contributed by atoms with Gasteiger partial charge in [-0.15, -0.1) is 0 Å². The van der Waals surface area contributed by atoms with Crippen molar-refractivity contribution in [2.75, 3.05) is 13.1 Å². The van der Waals surface area contributed by atoms with E-state index in [4.69, 9.17) is 0 Å². The lowest BCUT2D eigenvalue weighted by Gasteiger charge is -2.14. The van der Waals surface area contributed by atoms with Crippen molar-refractivity contribution in [1.29, 1.82) is 0 Å². The fourth-order valence-electron chi connectivity index (χ4n) is 2.44. The minimum Gasteiger partial charge on any atom is -0.356 e. The standard InChI is InChI=1S/C12H22N2O/c1-2-12(6-7-12)11(15)14-9-5-10-4-3-8-13-10/h10,13H,2-9H2,1H3,(H,14,15)/t10-/m1/s1. The first-order valence-electron chi connectivity index (χ1n) is 6.28. The van der Waals surface area contributed by atoms with Gasteiger partial charge in [-0.1, -0.05) is 6.92 Å². The zero-order valence-corrected chi connectivity index (χ0v) is 9.64. The van der Waals surface area contributed by atoms with Crippen molar-refractivity contribution < 1.29 is 4.79 Å². The second kappa shape index (κ2) is 4.52. The first-order valence-corrected chi connectivity index (χ1v) is 6.28. The monoisotopic (exact) mass is 210 g/mol. The van der Waals surface area contributed by atoms with Crippen LogP contribution >= 0.6 is 0 Å². The highest BCUT2D eigenvalue weighted by atomic mass is 16.2. The van der Waals surface area contributed by atoms with Crippen LogP contribution < -0.4 is 10.6 Å². The van der Waals surface area contributed by atoms with Crippen molar-refractivity contribution in [3.63, 3.8) is 0 Å². The first-order chi connectivity index (χ1) is 7.27. The number of hydrogen-bond donors (Lipinski definition) is 2. The summed E-state index contributed by atoms with van der Waals surface area (Å²) in [5.74, 6) is 0.294. The summed E-state index contributed by atoms with van der Waals surface area (Å²) in [7, 11) is 0. The van der Waals surface area contributed by atoms with E-state index >= 15 is 0 Å². The van der Waals surface area contributed by atoms with Gasteiger partial charge in [-0.2, -0.15) is 0 Å². The van der Waals surface area contributed by atoms with E-state index in [0.29, 0.717) is 11.9 Å². The summed E-state index contributed by atoms with van der Waals surface area (Å²) < 4.78 is 0. The largest absolute Gasteiger partial charge is 0.356 e. The van der Waals surface area contributed by atoms with Crippen LogP contribution in [-0.4, -0.2) is 25.0 Å². The Labute approximate surface area is 92.0 Å². The number of carbonyl (C=O) groups is 1. The molecule has 1 aliphatic heterocycles. The highest BCUT2D eigenvalue weighted by Gasteiger charge is 2.47. The van der Waals surface area contributed by atoms with E-state index in [-0.39, 0.29) is 5.41 Å². The summed E-state index contributed by atoms with van der Waals surface area (Å²) in [6.07, 6.45) is 6.84. The molecule has 2 aliphatic rings. The van der Waals surface area contributed by atoms with Crippen LogP contribution in [-0.2, 0) is 4.79 Å². The van der Waals surface area contributed by atoms with Crippen LogP contribution in [0.25, 0.3) is 0 Å². The zero-order chi connectivity index (χ0) is 10.7. The van der Waals surface area contributed by atoms with Crippen LogP contribution in [0, 0.1) is 5.41 Å². The second-order valence-corrected chi connectivity index (χ2v) is 4.97. The average molecular weight is 210 g/mol. The van der Waals surface area contributed by atoms with Crippen LogP contribution in [0.4, 0.5) is 0 Å². The van der Waals surface area contributed by atoms with Crippen LogP contribution in [0.5, 0.6) is 0 Å². The van der Waals surface area contributed by atoms with Gasteiger partial charge in [0, 0.05) is 18.0 Å². The molecule has 1 heterocycles. The molecule has 1 aliphatic carbocycles. The van der Waals surface area contributed by atoms with E-state index in [9.17, 15) is 4.79 Å². The van der Waals surface area contributed by atoms with Gasteiger partial charge in [-0.3, -0.25) is 4.79 Å². The SMILES string of the molecule is CCC1(C(=O)NCC[C@H]2CCCN2)CC1. The Bertz CT molecular complexity index is 230. The lowest BCUT2D eigenvalue weighted by Crippen LogP contribution is -2.35. The molecule has 2 rings (SSSR count). The second-order valence-electron chi connectivity index (χ2n) is 4.97. The van der Waals surface area contributed by atoms with Crippen molar-refractivity contribution in [3.05, 3.63) is 0 Å². The van der Waals surface area contributed by atoms with Crippen molar-refractivity contribution in [2.24, 2.45) is 5.41 Å². The topological polar surface area (TPSA) is 41.1 Å². The van der Waals surface area contributed by atoms with E-state index < -0.39 is 0 Å². The molecule has 3 heteroatoms. The number of hydrogen-bond acceptors (Lipinski definition) is 2. The molecular formula is C12H22N2O. The van der Waals surface area contributed by atoms with Gasteiger partial charge >= 0.3 is 0 Å². The minimum absolute atomic E-state index is 0.0309. The van der Waals surface area contributed by atoms with Gasteiger partial charge in [0.25, 0.3) is 0 Å². The van der Waals surface area contributed by atoms with Crippen molar-refractivity contribution in [2.45, 2.75) is 51.5 Å². The maximum Gasteiger partial charge on any atom is 0.226 e. The Hall–Kier alpha value is -0.570. The predicted molar refractivity (Wildman–Crippen MR) is 60.6 cm³/mol. The molecular weight excluding hydrogens is 188 g/mol. The third-order valence-corrected chi connectivity index (χ3v) is 3.95. The van der Waals surface area contributed by atoms with Crippen LogP contribution in [0.1, 0.15) is 45.4 Å². The van der Waals surface area contributed by atoms with Gasteiger partial charge in [-0.25, -0.2) is 0 Å². The maximum atomic E-state index is 11.8. The van der Waals surface area contributed by atoms with Crippen molar-refractivity contribution in [3.8, 4) is 0 Å². The maximum absolute atomic E-state index is 11.8. The Morgan fingerprint density at radius 1 is 1.53 bits per heavy atom.